The molecule has 4 rings (SSSR count). The van der Waals surface area contributed by atoms with Gasteiger partial charge in [0.25, 0.3) is 0 Å². The van der Waals surface area contributed by atoms with Crippen molar-refractivity contribution in [1.29, 1.82) is 0 Å². The minimum atomic E-state index is -3.54. The molecule has 0 aromatic heterocycles. The van der Waals surface area contributed by atoms with Gasteiger partial charge in [-0.15, -0.1) is 0 Å². The van der Waals surface area contributed by atoms with E-state index in [1.165, 1.54) is 0 Å². The van der Waals surface area contributed by atoms with Crippen molar-refractivity contribution in [1.82, 2.24) is 0 Å². The van der Waals surface area contributed by atoms with Crippen molar-refractivity contribution in [2.45, 2.75) is 22.3 Å². The molecule has 4 nitrogen and oxygen atoms in total. The molecule has 2 aliphatic heterocycles. The summed E-state index contributed by atoms with van der Waals surface area (Å²) in [5.41, 5.74) is 0.504. The molecule has 0 spiro atoms. The van der Waals surface area contributed by atoms with Crippen molar-refractivity contribution in [2.24, 2.45) is 0 Å². The largest absolute Gasteiger partial charge is 0.455 e. The molecule has 0 N–H and O–H groups in total. The Hall–Kier alpha value is -1.85. The smallest absolute Gasteiger partial charge is 0.213 e. The maximum Gasteiger partial charge on any atom is 0.213 e. The van der Waals surface area contributed by atoms with Gasteiger partial charge in [-0.1, -0.05) is 18.2 Å². The number of fused-ring (bicyclic) bond motifs is 2. The van der Waals surface area contributed by atoms with Crippen LogP contribution in [0.2, 0.25) is 0 Å². The van der Waals surface area contributed by atoms with Crippen molar-refractivity contribution >= 4 is 9.84 Å². The molecular weight excluding hydrogens is 276 g/mol. The molecule has 0 bridgehead atoms. The summed E-state index contributed by atoms with van der Waals surface area (Å²) in [6.45, 7) is 2.56. The van der Waals surface area contributed by atoms with Gasteiger partial charge in [0.05, 0.1) is 6.61 Å². The van der Waals surface area contributed by atoms with Crippen molar-refractivity contribution in [3.8, 4) is 11.5 Å². The molecule has 0 aliphatic carbocycles. The van der Waals surface area contributed by atoms with Gasteiger partial charge in [-0.25, -0.2) is 8.42 Å². The summed E-state index contributed by atoms with van der Waals surface area (Å²) in [7, 11) is -3.54. The van der Waals surface area contributed by atoms with Crippen LogP contribution in [-0.4, -0.2) is 15.0 Å². The number of para-hydroxylation sites is 1. The summed E-state index contributed by atoms with van der Waals surface area (Å²) in [6.07, 6.45) is 0. The Bertz CT molecular complexity index is 820. The molecule has 0 radical (unpaired) electrons. The van der Waals surface area contributed by atoms with Gasteiger partial charge in [-0.3, -0.25) is 0 Å². The topological polar surface area (TPSA) is 55.9 Å². The number of benzene rings is 2. The third-order valence-electron chi connectivity index (χ3n) is 3.78. The van der Waals surface area contributed by atoms with E-state index in [1.54, 1.807) is 36.4 Å². The maximum atomic E-state index is 12.7. The van der Waals surface area contributed by atoms with Crippen molar-refractivity contribution in [3.63, 3.8) is 0 Å². The van der Waals surface area contributed by atoms with E-state index < -0.39 is 9.84 Å². The predicted octanol–water partition coefficient (Wildman–Crippen LogP) is 2.87. The molecule has 1 fully saturated rings. The van der Waals surface area contributed by atoms with E-state index in [9.17, 15) is 8.42 Å². The zero-order chi connectivity index (χ0) is 14.0. The molecule has 2 aliphatic rings. The molecule has 102 valence electrons. The van der Waals surface area contributed by atoms with Crippen molar-refractivity contribution in [3.05, 3.63) is 48.0 Å². The quantitative estimate of drug-likeness (QED) is 0.646. The third kappa shape index (κ3) is 1.53. The van der Waals surface area contributed by atoms with E-state index in [1.807, 2.05) is 13.0 Å². The van der Waals surface area contributed by atoms with E-state index in [4.69, 9.17) is 9.47 Å². The SMILES string of the molecule is CC1(c2ccc3c(c2)S(=O)(=O)c2ccccc2O3)CO1. The van der Waals surface area contributed by atoms with E-state index in [0.29, 0.717) is 18.1 Å². The molecule has 2 heterocycles. The van der Waals surface area contributed by atoms with Gasteiger partial charge in [0.1, 0.15) is 26.9 Å². The number of ether oxygens (including phenoxy) is 2. The minimum Gasteiger partial charge on any atom is -0.455 e. The van der Waals surface area contributed by atoms with Gasteiger partial charge >= 0.3 is 0 Å². The van der Waals surface area contributed by atoms with Crippen LogP contribution in [0.5, 0.6) is 11.5 Å². The molecule has 1 atom stereocenters. The lowest BCUT2D eigenvalue weighted by molar-refractivity contribution is 0.328. The van der Waals surface area contributed by atoms with Gasteiger partial charge in [-0.05, 0) is 36.8 Å². The summed E-state index contributed by atoms with van der Waals surface area (Å²) in [4.78, 5) is 0.428. The lowest BCUT2D eigenvalue weighted by Crippen LogP contribution is -2.13. The molecule has 1 saturated heterocycles. The fourth-order valence-corrected chi connectivity index (χ4v) is 3.93. The summed E-state index contributed by atoms with van der Waals surface area (Å²) in [5, 5.41) is 0. The molecule has 20 heavy (non-hydrogen) atoms. The number of rotatable bonds is 1. The number of hydrogen-bond donors (Lipinski definition) is 0. The first-order valence-electron chi connectivity index (χ1n) is 6.31. The Morgan fingerprint density at radius 1 is 1.05 bits per heavy atom. The van der Waals surface area contributed by atoms with Crippen molar-refractivity contribution < 1.29 is 17.9 Å². The summed E-state index contributed by atoms with van der Waals surface area (Å²) >= 11 is 0. The Labute approximate surface area is 116 Å². The molecule has 2 aromatic rings. The first-order valence-corrected chi connectivity index (χ1v) is 7.79. The van der Waals surface area contributed by atoms with E-state index in [0.717, 1.165) is 5.56 Å². The predicted molar refractivity (Wildman–Crippen MR) is 71.7 cm³/mol. The average Bonchev–Trinajstić information content (AvgIpc) is 3.18. The lowest BCUT2D eigenvalue weighted by atomic mass is 10.0. The van der Waals surface area contributed by atoms with Gasteiger partial charge in [0.15, 0.2) is 0 Å². The average molecular weight is 288 g/mol. The van der Waals surface area contributed by atoms with Gasteiger partial charge in [0, 0.05) is 0 Å². The minimum absolute atomic E-state index is 0.213. The Morgan fingerprint density at radius 2 is 1.75 bits per heavy atom. The van der Waals surface area contributed by atoms with Crippen LogP contribution in [0.4, 0.5) is 0 Å². The Balaban J connectivity index is 1.95. The van der Waals surface area contributed by atoms with Crippen LogP contribution in [0.15, 0.2) is 52.3 Å². The lowest BCUT2D eigenvalue weighted by Gasteiger charge is -2.21. The number of hydrogen-bond acceptors (Lipinski definition) is 4. The maximum absolute atomic E-state index is 12.7. The zero-order valence-corrected chi connectivity index (χ0v) is 11.6. The van der Waals surface area contributed by atoms with Crippen LogP contribution < -0.4 is 4.74 Å². The van der Waals surface area contributed by atoms with E-state index in [2.05, 4.69) is 0 Å². The third-order valence-corrected chi connectivity index (χ3v) is 5.59. The second-order valence-corrected chi connectivity index (χ2v) is 7.12. The highest BCUT2D eigenvalue weighted by atomic mass is 32.2. The highest BCUT2D eigenvalue weighted by molar-refractivity contribution is 7.91. The molecule has 5 heteroatoms. The molecule has 2 aromatic carbocycles. The highest BCUT2D eigenvalue weighted by Crippen LogP contribution is 2.46. The van der Waals surface area contributed by atoms with Crippen LogP contribution in [0.3, 0.4) is 0 Å². The van der Waals surface area contributed by atoms with Crippen LogP contribution in [-0.2, 0) is 20.2 Å². The van der Waals surface area contributed by atoms with E-state index >= 15 is 0 Å². The second kappa shape index (κ2) is 3.62. The van der Waals surface area contributed by atoms with Gasteiger partial charge in [0.2, 0.25) is 9.84 Å². The normalized spacial score (nSPS) is 25.2. The van der Waals surface area contributed by atoms with Crippen LogP contribution in [0.25, 0.3) is 0 Å². The van der Waals surface area contributed by atoms with Gasteiger partial charge < -0.3 is 9.47 Å². The summed E-state index contributed by atoms with van der Waals surface area (Å²) in [5.74, 6) is 0.748. The molecule has 0 amide bonds. The summed E-state index contributed by atoms with van der Waals surface area (Å²) in [6, 6.07) is 11.9. The number of sulfone groups is 1. The zero-order valence-electron chi connectivity index (χ0n) is 10.8. The molecule has 0 saturated carbocycles. The molecule has 1 unspecified atom stereocenters. The van der Waals surface area contributed by atoms with Crippen molar-refractivity contribution in [2.75, 3.05) is 6.61 Å². The highest BCUT2D eigenvalue weighted by Gasteiger charge is 2.42. The molecular formula is C15H12O4S. The Kier molecular flexibility index (Phi) is 2.16. The monoisotopic (exact) mass is 288 g/mol. The van der Waals surface area contributed by atoms with Crippen LogP contribution >= 0.6 is 0 Å². The van der Waals surface area contributed by atoms with Crippen LogP contribution in [0, 0.1) is 0 Å². The first-order chi connectivity index (χ1) is 9.51. The first kappa shape index (κ1) is 11.9. The van der Waals surface area contributed by atoms with Crippen LogP contribution in [0.1, 0.15) is 12.5 Å². The van der Waals surface area contributed by atoms with E-state index in [-0.39, 0.29) is 15.4 Å². The fraction of sp³-hybridized carbons (Fsp3) is 0.200. The number of epoxide rings is 1. The Morgan fingerprint density at radius 3 is 2.50 bits per heavy atom. The fourth-order valence-electron chi connectivity index (χ4n) is 2.40. The van der Waals surface area contributed by atoms with Gasteiger partial charge in [-0.2, -0.15) is 0 Å². The second-order valence-electron chi connectivity index (χ2n) is 5.23. The standard InChI is InChI=1S/C15H12O4S/c1-15(9-18-15)10-6-7-12-14(8-10)20(16,17)13-5-3-2-4-11(13)19-12/h2-8H,9H2,1H3. The summed E-state index contributed by atoms with van der Waals surface area (Å²) < 4.78 is 36.4.